The molecule has 1 aromatic heterocycles. The Morgan fingerprint density at radius 1 is 1.16 bits per heavy atom. The molecule has 0 aliphatic heterocycles. The maximum atomic E-state index is 12.5. The molecule has 7 heteroatoms. The number of para-hydroxylation sites is 1. The number of carbonyl (C=O) groups is 1. The molecule has 1 heterocycles. The van der Waals surface area contributed by atoms with Gasteiger partial charge in [-0.2, -0.15) is 0 Å². The molecule has 0 unspecified atom stereocenters. The summed E-state index contributed by atoms with van der Waals surface area (Å²) < 4.78 is 6.54. The molecule has 2 aromatic carbocycles. The van der Waals surface area contributed by atoms with Crippen molar-refractivity contribution in [3.63, 3.8) is 0 Å². The van der Waals surface area contributed by atoms with E-state index in [1.807, 2.05) is 13.0 Å². The summed E-state index contributed by atoms with van der Waals surface area (Å²) in [6, 6.07) is 13.8. The van der Waals surface area contributed by atoms with Gasteiger partial charge < -0.3 is 4.74 Å². The zero-order chi connectivity index (χ0) is 17.8. The first kappa shape index (κ1) is 16.5. The van der Waals surface area contributed by atoms with Crippen molar-refractivity contribution in [2.45, 2.75) is 13.5 Å². The van der Waals surface area contributed by atoms with Gasteiger partial charge in [0.25, 0.3) is 11.5 Å². The van der Waals surface area contributed by atoms with Gasteiger partial charge in [-0.05, 0) is 43.3 Å². The van der Waals surface area contributed by atoms with Gasteiger partial charge in [-0.3, -0.25) is 25.0 Å². The summed E-state index contributed by atoms with van der Waals surface area (Å²) in [4.78, 5) is 29.2. The predicted octanol–water partition coefficient (Wildman–Crippen LogP) is 2.18. The van der Waals surface area contributed by atoms with Crippen molar-refractivity contribution in [1.82, 2.24) is 15.0 Å². The Morgan fingerprint density at radius 3 is 2.56 bits per heavy atom. The number of anilines is 1. The number of amides is 1. The summed E-state index contributed by atoms with van der Waals surface area (Å²) in [6.07, 6.45) is 0. The molecule has 2 N–H and O–H groups in total. The van der Waals surface area contributed by atoms with Gasteiger partial charge in [0.2, 0.25) is 5.95 Å². The fourth-order valence-electron chi connectivity index (χ4n) is 2.48. The topological polar surface area (TPSA) is 85.2 Å². The number of nitrogens with zero attached hydrogens (tertiary/aromatic N) is 2. The number of rotatable bonds is 5. The van der Waals surface area contributed by atoms with Crippen LogP contribution in [-0.4, -0.2) is 22.6 Å². The summed E-state index contributed by atoms with van der Waals surface area (Å²) in [7, 11) is 1.56. The first-order chi connectivity index (χ1) is 12.1. The van der Waals surface area contributed by atoms with Gasteiger partial charge in [0.05, 0.1) is 18.0 Å². The molecule has 0 radical (unpaired) electrons. The Hall–Kier alpha value is -3.35. The van der Waals surface area contributed by atoms with Crippen LogP contribution in [0.15, 0.2) is 53.3 Å². The highest BCUT2D eigenvalue weighted by Crippen LogP contribution is 2.12. The van der Waals surface area contributed by atoms with Gasteiger partial charge in [-0.25, -0.2) is 4.98 Å². The fraction of sp³-hybridized carbons (Fsp3) is 0.167. The molecule has 3 aromatic rings. The molecule has 128 valence electrons. The number of fused-ring (bicyclic) bond motifs is 1. The number of hydrogen-bond acceptors (Lipinski definition) is 5. The van der Waals surface area contributed by atoms with Gasteiger partial charge in [-0.1, -0.05) is 12.1 Å². The minimum absolute atomic E-state index is 0.158. The van der Waals surface area contributed by atoms with E-state index in [2.05, 4.69) is 15.8 Å². The lowest BCUT2D eigenvalue weighted by atomic mass is 10.2. The minimum atomic E-state index is -0.340. The number of methoxy groups -OCH3 is 1. The second-order valence-corrected chi connectivity index (χ2v) is 5.31. The number of hydrogen-bond donors (Lipinski definition) is 2. The molecule has 0 bridgehead atoms. The number of ether oxygens (including phenoxy) is 1. The minimum Gasteiger partial charge on any atom is -0.497 e. The molecule has 0 saturated carbocycles. The van der Waals surface area contributed by atoms with Crippen LogP contribution in [0.25, 0.3) is 10.9 Å². The van der Waals surface area contributed by atoms with Crippen molar-refractivity contribution in [1.29, 1.82) is 0 Å². The molecule has 0 atom stereocenters. The molecule has 0 aliphatic rings. The molecule has 25 heavy (non-hydrogen) atoms. The van der Waals surface area contributed by atoms with Crippen molar-refractivity contribution in [2.75, 3.05) is 12.5 Å². The Bertz CT molecular complexity index is 964. The van der Waals surface area contributed by atoms with E-state index >= 15 is 0 Å². The molecule has 0 spiro atoms. The molecule has 0 fully saturated rings. The summed E-state index contributed by atoms with van der Waals surface area (Å²) in [6.45, 7) is 2.27. The summed E-state index contributed by atoms with van der Waals surface area (Å²) >= 11 is 0. The van der Waals surface area contributed by atoms with E-state index in [-0.39, 0.29) is 17.4 Å². The van der Waals surface area contributed by atoms with Crippen molar-refractivity contribution < 1.29 is 9.53 Å². The standard InChI is InChI=1S/C18H18N4O3/c1-3-22-17(24)14-6-4-5-7-15(14)19-18(22)21-20-16(23)12-8-10-13(25-2)11-9-12/h4-11H,3H2,1-2H3,(H,19,21)(H,20,23). The molecule has 3 rings (SSSR count). The third kappa shape index (κ3) is 3.30. The van der Waals surface area contributed by atoms with E-state index in [1.54, 1.807) is 49.6 Å². The van der Waals surface area contributed by atoms with Gasteiger partial charge in [-0.15, -0.1) is 0 Å². The van der Waals surface area contributed by atoms with Crippen molar-refractivity contribution >= 4 is 22.8 Å². The van der Waals surface area contributed by atoms with Crippen LogP contribution in [0, 0.1) is 0 Å². The summed E-state index contributed by atoms with van der Waals surface area (Å²) in [5.74, 6) is 0.612. The lowest BCUT2D eigenvalue weighted by molar-refractivity contribution is 0.0962. The monoisotopic (exact) mass is 338 g/mol. The second-order valence-electron chi connectivity index (χ2n) is 5.31. The molecular weight excluding hydrogens is 320 g/mol. The number of carbonyl (C=O) groups excluding carboxylic acids is 1. The van der Waals surface area contributed by atoms with Crippen LogP contribution in [0.5, 0.6) is 5.75 Å². The van der Waals surface area contributed by atoms with Gasteiger partial charge in [0.15, 0.2) is 0 Å². The van der Waals surface area contributed by atoms with E-state index in [0.717, 1.165) is 0 Å². The Labute approximate surface area is 144 Å². The predicted molar refractivity (Wildman–Crippen MR) is 95.8 cm³/mol. The third-order valence-corrected chi connectivity index (χ3v) is 3.82. The lowest BCUT2D eigenvalue weighted by Crippen LogP contribution is -2.34. The maximum Gasteiger partial charge on any atom is 0.269 e. The first-order valence-electron chi connectivity index (χ1n) is 7.84. The van der Waals surface area contributed by atoms with Crippen LogP contribution in [0.1, 0.15) is 17.3 Å². The summed E-state index contributed by atoms with van der Waals surface area (Å²) in [5.41, 5.74) is 6.18. The van der Waals surface area contributed by atoms with Crippen LogP contribution < -0.4 is 21.1 Å². The molecule has 7 nitrogen and oxygen atoms in total. The van der Waals surface area contributed by atoms with E-state index in [9.17, 15) is 9.59 Å². The fourth-order valence-corrected chi connectivity index (χ4v) is 2.48. The van der Waals surface area contributed by atoms with Gasteiger partial charge in [0, 0.05) is 12.1 Å². The second kappa shape index (κ2) is 7.04. The number of aromatic nitrogens is 2. The van der Waals surface area contributed by atoms with Crippen LogP contribution >= 0.6 is 0 Å². The van der Waals surface area contributed by atoms with Crippen molar-refractivity contribution in [2.24, 2.45) is 0 Å². The third-order valence-electron chi connectivity index (χ3n) is 3.82. The Balaban J connectivity index is 1.84. The smallest absolute Gasteiger partial charge is 0.269 e. The molecule has 0 aliphatic carbocycles. The zero-order valence-corrected chi connectivity index (χ0v) is 13.9. The highest BCUT2D eigenvalue weighted by Gasteiger charge is 2.11. The van der Waals surface area contributed by atoms with Crippen molar-refractivity contribution in [3.05, 3.63) is 64.4 Å². The highest BCUT2D eigenvalue weighted by molar-refractivity contribution is 5.94. The average Bonchev–Trinajstić information content (AvgIpc) is 2.66. The van der Waals surface area contributed by atoms with Crippen LogP contribution in [0.4, 0.5) is 5.95 Å². The molecule has 1 amide bonds. The van der Waals surface area contributed by atoms with E-state index in [1.165, 1.54) is 4.57 Å². The van der Waals surface area contributed by atoms with E-state index < -0.39 is 0 Å². The first-order valence-corrected chi connectivity index (χ1v) is 7.84. The highest BCUT2D eigenvalue weighted by atomic mass is 16.5. The number of nitrogens with one attached hydrogen (secondary N) is 2. The van der Waals surface area contributed by atoms with Crippen LogP contribution in [0.3, 0.4) is 0 Å². The normalized spacial score (nSPS) is 10.5. The van der Waals surface area contributed by atoms with E-state index in [0.29, 0.717) is 28.8 Å². The van der Waals surface area contributed by atoms with E-state index in [4.69, 9.17) is 4.74 Å². The Kier molecular flexibility index (Phi) is 4.65. The molecular formula is C18H18N4O3. The zero-order valence-electron chi connectivity index (χ0n) is 13.9. The maximum absolute atomic E-state index is 12.5. The van der Waals surface area contributed by atoms with Crippen LogP contribution in [-0.2, 0) is 6.54 Å². The quantitative estimate of drug-likeness (QED) is 0.697. The number of benzene rings is 2. The van der Waals surface area contributed by atoms with Crippen LogP contribution in [0.2, 0.25) is 0 Å². The molecule has 0 saturated heterocycles. The average molecular weight is 338 g/mol. The van der Waals surface area contributed by atoms with Crippen molar-refractivity contribution in [3.8, 4) is 5.75 Å². The lowest BCUT2D eigenvalue weighted by Gasteiger charge is -2.14. The van der Waals surface area contributed by atoms with Gasteiger partial charge >= 0.3 is 0 Å². The number of hydrazine groups is 1. The largest absolute Gasteiger partial charge is 0.497 e. The summed E-state index contributed by atoms with van der Waals surface area (Å²) in [5, 5.41) is 0.538. The SMILES string of the molecule is CCn1c(NNC(=O)c2ccc(OC)cc2)nc2ccccc2c1=O. The van der Waals surface area contributed by atoms with Gasteiger partial charge in [0.1, 0.15) is 5.75 Å². The Morgan fingerprint density at radius 2 is 1.88 bits per heavy atom.